The lowest BCUT2D eigenvalue weighted by Gasteiger charge is -2.35. The van der Waals surface area contributed by atoms with Crippen molar-refractivity contribution in [2.24, 2.45) is 0 Å². The molecule has 0 N–H and O–H groups in total. The van der Waals surface area contributed by atoms with E-state index in [2.05, 4.69) is 34.8 Å². The average molecular weight is 375 g/mol. The minimum Gasteiger partial charge on any atom is -0.440 e. The van der Waals surface area contributed by atoms with Crippen LogP contribution < -0.4 is 0 Å². The summed E-state index contributed by atoms with van der Waals surface area (Å²) in [6.45, 7) is 9.41. The monoisotopic (exact) mass is 375 g/mol. The first-order chi connectivity index (χ1) is 12.9. The predicted molar refractivity (Wildman–Crippen MR) is 103 cm³/mol. The summed E-state index contributed by atoms with van der Waals surface area (Å²) >= 11 is 0. The zero-order valence-corrected chi connectivity index (χ0v) is 16.5. The van der Waals surface area contributed by atoms with Crippen LogP contribution in [0.2, 0.25) is 0 Å². The molecule has 1 fully saturated rings. The molecule has 146 valence electrons. The molecule has 0 radical (unpaired) electrons. The summed E-state index contributed by atoms with van der Waals surface area (Å²) in [4.78, 5) is 9.23. The van der Waals surface area contributed by atoms with Crippen LogP contribution in [-0.2, 0) is 0 Å². The zero-order chi connectivity index (χ0) is 19.6. The fourth-order valence-electron chi connectivity index (χ4n) is 3.38. The van der Waals surface area contributed by atoms with Crippen molar-refractivity contribution in [2.45, 2.75) is 33.6 Å². The number of hydrogen-bond donors (Lipinski definition) is 0. The van der Waals surface area contributed by atoms with E-state index in [9.17, 15) is 8.78 Å². The number of halogens is 2. The molecule has 0 aliphatic carbocycles. The molecule has 3 rings (SSSR count). The van der Waals surface area contributed by atoms with Crippen molar-refractivity contribution in [3.8, 4) is 11.3 Å². The summed E-state index contributed by atoms with van der Waals surface area (Å²) in [5.74, 6) is -0.713. The third-order valence-corrected chi connectivity index (χ3v) is 4.96. The second kappa shape index (κ2) is 8.21. The summed E-state index contributed by atoms with van der Waals surface area (Å²) in [7, 11) is 2.11. The number of aromatic nitrogens is 1. The number of piperazine rings is 1. The Balaban J connectivity index is 2.08. The van der Waals surface area contributed by atoms with Crippen LogP contribution in [0.3, 0.4) is 0 Å². The number of hydrogen-bond acceptors (Lipinski definition) is 4. The van der Waals surface area contributed by atoms with Crippen LogP contribution in [0.5, 0.6) is 0 Å². The van der Waals surface area contributed by atoms with Crippen LogP contribution in [0.1, 0.15) is 36.9 Å². The molecule has 0 saturated carbocycles. The second-order valence-corrected chi connectivity index (χ2v) is 7.16. The molecule has 0 amide bonds. The third kappa shape index (κ3) is 4.21. The minimum atomic E-state index is -0.880. The van der Waals surface area contributed by atoms with Crippen molar-refractivity contribution in [1.82, 2.24) is 14.8 Å². The third-order valence-electron chi connectivity index (χ3n) is 4.96. The van der Waals surface area contributed by atoms with Gasteiger partial charge in [0.05, 0.1) is 5.70 Å². The number of rotatable bonds is 5. The Morgan fingerprint density at radius 2 is 1.81 bits per heavy atom. The molecule has 2 heterocycles. The smallest absolute Gasteiger partial charge is 0.192 e. The molecule has 0 spiro atoms. The lowest BCUT2D eigenvalue weighted by molar-refractivity contribution is 0.206. The predicted octanol–water partition coefficient (Wildman–Crippen LogP) is 4.63. The number of aryl methyl sites for hydroxylation is 2. The maximum atomic E-state index is 13.9. The Morgan fingerprint density at radius 3 is 2.48 bits per heavy atom. The van der Waals surface area contributed by atoms with Crippen molar-refractivity contribution in [2.75, 3.05) is 33.2 Å². The fraction of sp³-hybridized carbons (Fsp3) is 0.476. The molecule has 0 unspecified atom stereocenters. The number of oxazole rings is 1. The molecule has 0 bridgehead atoms. The molecule has 1 aromatic carbocycles. The number of unbranched alkanes of at least 4 members (excludes halogenated alkanes) is 1. The molecular formula is C21H27F2N3O. The van der Waals surface area contributed by atoms with Gasteiger partial charge in [0.15, 0.2) is 23.3 Å². The van der Waals surface area contributed by atoms with E-state index in [0.29, 0.717) is 28.5 Å². The van der Waals surface area contributed by atoms with Crippen molar-refractivity contribution in [1.29, 1.82) is 0 Å². The van der Waals surface area contributed by atoms with E-state index < -0.39 is 11.6 Å². The molecule has 4 nitrogen and oxygen atoms in total. The van der Waals surface area contributed by atoms with E-state index in [1.807, 2.05) is 0 Å². The maximum Gasteiger partial charge on any atom is 0.192 e. The number of allylic oxidation sites excluding steroid dienone is 1. The van der Waals surface area contributed by atoms with Gasteiger partial charge in [-0.2, -0.15) is 0 Å². The average Bonchev–Trinajstić information content (AvgIpc) is 3.01. The highest BCUT2D eigenvalue weighted by Crippen LogP contribution is 2.35. The van der Waals surface area contributed by atoms with Gasteiger partial charge < -0.3 is 14.2 Å². The van der Waals surface area contributed by atoms with E-state index in [-0.39, 0.29) is 0 Å². The van der Waals surface area contributed by atoms with Gasteiger partial charge >= 0.3 is 0 Å². The first kappa shape index (κ1) is 19.5. The minimum absolute atomic E-state index is 0.505. The Bertz CT molecular complexity index is 836. The van der Waals surface area contributed by atoms with Crippen LogP contribution in [-0.4, -0.2) is 48.0 Å². The maximum absolute atomic E-state index is 13.9. The van der Waals surface area contributed by atoms with Crippen molar-refractivity contribution < 1.29 is 13.2 Å². The van der Waals surface area contributed by atoms with Crippen LogP contribution in [0.4, 0.5) is 8.78 Å². The summed E-state index contributed by atoms with van der Waals surface area (Å²) in [6.07, 6.45) is 4.12. The second-order valence-electron chi connectivity index (χ2n) is 7.16. The molecule has 0 atom stereocenters. The SMILES string of the molecule is CCC/C=C(/c1nc(C)oc1-c1cc(F)c(F)cc1C)N1CCN(C)CC1. The molecule has 2 aromatic rings. The van der Waals surface area contributed by atoms with E-state index in [1.165, 1.54) is 12.1 Å². The largest absolute Gasteiger partial charge is 0.440 e. The van der Waals surface area contributed by atoms with Gasteiger partial charge in [-0.1, -0.05) is 19.4 Å². The van der Waals surface area contributed by atoms with Gasteiger partial charge in [0.25, 0.3) is 0 Å². The normalized spacial score (nSPS) is 16.2. The number of benzene rings is 1. The lowest BCUT2D eigenvalue weighted by Crippen LogP contribution is -2.43. The van der Waals surface area contributed by atoms with E-state index >= 15 is 0 Å². The van der Waals surface area contributed by atoms with Crippen LogP contribution in [0.25, 0.3) is 17.0 Å². The summed E-state index contributed by atoms with van der Waals surface area (Å²) in [6, 6.07) is 2.41. The standard InChI is InChI=1S/C21H27F2N3O/c1-5-6-7-19(26-10-8-25(4)9-11-26)20-21(27-15(3)24-20)16-13-18(23)17(22)12-14(16)2/h7,12-13H,5-6,8-11H2,1-4H3/b19-7-. The van der Waals surface area contributed by atoms with Gasteiger partial charge in [-0.15, -0.1) is 0 Å². The fourth-order valence-corrected chi connectivity index (χ4v) is 3.38. The highest BCUT2D eigenvalue weighted by atomic mass is 19.2. The number of nitrogens with zero attached hydrogens (tertiary/aromatic N) is 3. The van der Waals surface area contributed by atoms with Crippen molar-refractivity contribution in [3.63, 3.8) is 0 Å². The Hall–Kier alpha value is -2.21. The Labute approximate surface area is 159 Å². The Morgan fingerprint density at radius 1 is 1.15 bits per heavy atom. The van der Waals surface area contributed by atoms with E-state index in [0.717, 1.165) is 44.7 Å². The van der Waals surface area contributed by atoms with E-state index in [4.69, 9.17) is 4.42 Å². The Kier molecular flexibility index (Phi) is 5.95. The van der Waals surface area contributed by atoms with Gasteiger partial charge in [-0.05, 0) is 38.1 Å². The van der Waals surface area contributed by atoms with Crippen LogP contribution in [0, 0.1) is 25.5 Å². The van der Waals surface area contributed by atoms with Crippen LogP contribution in [0.15, 0.2) is 22.6 Å². The number of likely N-dealkylation sites (N-methyl/N-ethyl adjacent to an activating group) is 1. The summed E-state index contributed by atoms with van der Waals surface area (Å²) < 4.78 is 33.4. The molecule has 1 saturated heterocycles. The van der Waals surface area contributed by atoms with Gasteiger partial charge in [-0.25, -0.2) is 13.8 Å². The molecule has 1 aliphatic heterocycles. The highest BCUT2D eigenvalue weighted by Gasteiger charge is 2.25. The molecule has 6 heteroatoms. The lowest BCUT2D eigenvalue weighted by atomic mass is 10.0. The molecule has 1 aliphatic rings. The van der Waals surface area contributed by atoms with Crippen LogP contribution >= 0.6 is 0 Å². The van der Waals surface area contributed by atoms with Gasteiger partial charge in [0.1, 0.15) is 5.69 Å². The first-order valence-electron chi connectivity index (χ1n) is 9.48. The quantitative estimate of drug-likeness (QED) is 0.763. The topological polar surface area (TPSA) is 32.5 Å². The highest BCUT2D eigenvalue weighted by molar-refractivity contribution is 5.76. The molecule has 1 aromatic heterocycles. The summed E-state index contributed by atoms with van der Waals surface area (Å²) in [5, 5.41) is 0. The first-order valence-corrected chi connectivity index (χ1v) is 9.48. The van der Waals surface area contributed by atoms with Crippen molar-refractivity contribution >= 4 is 5.70 Å². The van der Waals surface area contributed by atoms with E-state index in [1.54, 1.807) is 13.8 Å². The van der Waals surface area contributed by atoms with Gasteiger partial charge in [0, 0.05) is 38.7 Å². The van der Waals surface area contributed by atoms with Gasteiger partial charge in [-0.3, -0.25) is 0 Å². The molecular weight excluding hydrogens is 348 g/mol. The zero-order valence-electron chi connectivity index (χ0n) is 16.5. The van der Waals surface area contributed by atoms with Gasteiger partial charge in [0.2, 0.25) is 0 Å². The van der Waals surface area contributed by atoms with Crippen molar-refractivity contribution in [3.05, 3.63) is 47.0 Å². The summed E-state index contributed by atoms with van der Waals surface area (Å²) in [5.41, 5.74) is 2.89. The molecule has 27 heavy (non-hydrogen) atoms.